The lowest BCUT2D eigenvalue weighted by molar-refractivity contribution is -0.0737. The molecular weight excluding hydrogens is 228 g/mol. The van der Waals surface area contributed by atoms with Crippen LogP contribution in [0.15, 0.2) is 18.2 Å². The van der Waals surface area contributed by atoms with Gasteiger partial charge in [0.1, 0.15) is 11.9 Å². The van der Waals surface area contributed by atoms with Crippen molar-refractivity contribution in [2.24, 2.45) is 0 Å². The summed E-state index contributed by atoms with van der Waals surface area (Å²) in [6, 6.07) is 6.27. The summed E-state index contributed by atoms with van der Waals surface area (Å²) >= 11 is 0. The highest BCUT2D eigenvalue weighted by atomic mass is 16.5. The fourth-order valence-corrected chi connectivity index (χ4v) is 2.08. The molecule has 100 valence electrons. The van der Waals surface area contributed by atoms with Gasteiger partial charge in [-0.1, -0.05) is 26.0 Å². The molecule has 2 unspecified atom stereocenters. The van der Waals surface area contributed by atoms with E-state index in [0.29, 0.717) is 25.6 Å². The molecule has 0 aliphatic carbocycles. The third kappa shape index (κ3) is 3.03. The van der Waals surface area contributed by atoms with E-state index >= 15 is 0 Å². The summed E-state index contributed by atoms with van der Waals surface area (Å²) in [5.74, 6) is 1.33. The summed E-state index contributed by atoms with van der Waals surface area (Å²) in [4.78, 5) is 0. The molecule has 0 saturated carbocycles. The summed E-state index contributed by atoms with van der Waals surface area (Å²) in [6.45, 7) is 7.42. The van der Waals surface area contributed by atoms with Crippen LogP contribution in [0.25, 0.3) is 0 Å². The van der Waals surface area contributed by atoms with E-state index < -0.39 is 6.10 Å². The van der Waals surface area contributed by atoms with E-state index in [2.05, 4.69) is 32.0 Å². The Hall–Kier alpha value is -1.06. The Bertz CT molecular complexity index is 401. The van der Waals surface area contributed by atoms with Crippen LogP contribution in [0.3, 0.4) is 0 Å². The quantitative estimate of drug-likeness (QED) is 0.896. The Morgan fingerprint density at radius 2 is 2.17 bits per heavy atom. The van der Waals surface area contributed by atoms with E-state index in [0.717, 1.165) is 11.3 Å². The predicted octanol–water partition coefficient (Wildman–Crippen LogP) is 2.65. The van der Waals surface area contributed by atoms with E-state index in [1.165, 1.54) is 5.56 Å². The van der Waals surface area contributed by atoms with Crippen molar-refractivity contribution in [1.29, 1.82) is 0 Å². The lowest BCUT2D eigenvalue weighted by Gasteiger charge is -2.29. The molecule has 18 heavy (non-hydrogen) atoms. The number of aliphatic hydroxyl groups excluding tert-OH is 1. The van der Waals surface area contributed by atoms with E-state index in [9.17, 15) is 5.11 Å². The number of aliphatic hydroxyl groups is 1. The summed E-state index contributed by atoms with van der Waals surface area (Å²) in [6.07, 6.45) is -0.0335. The zero-order chi connectivity index (χ0) is 13.1. The molecule has 0 aromatic heterocycles. The number of ether oxygens (including phenoxy) is 2. The Morgan fingerprint density at radius 3 is 2.83 bits per heavy atom. The van der Waals surface area contributed by atoms with Crippen LogP contribution in [-0.4, -0.2) is 30.5 Å². The van der Waals surface area contributed by atoms with Crippen molar-refractivity contribution in [1.82, 2.24) is 0 Å². The molecule has 1 aliphatic rings. The van der Waals surface area contributed by atoms with Gasteiger partial charge in [-0.05, 0) is 30.0 Å². The number of aryl methyl sites for hydroxylation is 1. The predicted molar refractivity (Wildman–Crippen MR) is 71.1 cm³/mol. The van der Waals surface area contributed by atoms with Gasteiger partial charge in [0.05, 0.1) is 12.7 Å². The first-order valence-electron chi connectivity index (χ1n) is 6.61. The molecular formula is C15H22O3. The molecule has 1 fully saturated rings. The van der Waals surface area contributed by atoms with Crippen molar-refractivity contribution in [3.63, 3.8) is 0 Å². The number of benzene rings is 1. The lowest BCUT2D eigenvalue weighted by Crippen LogP contribution is -2.41. The molecule has 1 aromatic rings. The van der Waals surface area contributed by atoms with Crippen LogP contribution in [0.5, 0.6) is 5.75 Å². The molecule has 0 amide bonds. The van der Waals surface area contributed by atoms with Gasteiger partial charge >= 0.3 is 0 Å². The topological polar surface area (TPSA) is 38.7 Å². The van der Waals surface area contributed by atoms with Crippen LogP contribution in [0.2, 0.25) is 0 Å². The van der Waals surface area contributed by atoms with Crippen LogP contribution in [-0.2, 0) is 4.74 Å². The van der Waals surface area contributed by atoms with Crippen molar-refractivity contribution < 1.29 is 14.6 Å². The molecule has 1 N–H and O–H groups in total. The second-order valence-electron chi connectivity index (χ2n) is 5.27. The van der Waals surface area contributed by atoms with Gasteiger partial charge in [0, 0.05) is 13.0 Å². The Balaban J connectivity index is 2.14. The fourth-order valence-electron chi connectivity index (χ4n) is 2.08. The van der Waals surface area contributed by atoms with Crippen LogP contribution >= 0.6 is 0 Å². The van der Waals surface area contributed by atoms with Crippen molar-refractivity contribution >= 4 is 0 Å². The lowest BCUT2D eigenvalue weighted by atomic mass is 10.0. The van der Waals surface area contributed by atoms with Gasteiger partial charge in [-0.15, -0.1) is 0 Å². The van der Waals surface area contributed by atoms with E-state index in [1.54, 1.807) is 0 Å². The summed E-state index contributed by atoms with van der Waals surface area (Å²) in [7, 11) is 0. The van der Waals surface area contributed by atoms with Crippen molar-refractivity contribution in [3.05, 3.63) is 29.3 Å². The maximum absolute atomic E-state index is 9.89. The monoisotopic (exact) mass is 250 g/mol. The summed E-state index contributed by atoms with van der Waals surface area (Å²) in [5, 5.41) is 9.89. The van der Waals surface area contributed by atoms with Crippen LogP contribution in [0, 0.1) is 6.92 Å². The molecule has 0 spiro atoms. The van der Waals surface area contributed by atoms with Crippen molar-refractivity contribution in [3.8, 4) is 5.75 Å². The molecule has 1 aliphatic heterocycles. The highest BCUT2D eigenvalue weighted by Crippen LogP contribution is 2.26. The largest absolute Gasteiger partial charge is 0.485 e. The Morgan fingerprint density at radius 1 is 1.39 bits per heavy atom. The zero-order valence-corrected chi connectivity index (χ0v) is 11.3. The Labute approximate surface area is 109 Å². The van der Waals surface area contributed by atoms with E-state index in [4.69, 9.17) is 9.47 Å². The Kier molecular flexibility index (Phi) is 4.25. The maximum atomic E-state index is 9.89. The van der Waals surface area contributed by atoms with E-state index in [1.807, 2.05) is 6.92 Å². The second kappa shape index (κ2) is 5.72. The molecule has 3 nitrogen and oxygen atoms in total. The number of hydrogen-bond donors (Lipinski definition) is 1. The normalized spacial score (nSPS) is 24.3. The van der Waals surface area contributed by atoms with Gasteiger partial charge < -0.3 is 14.6 Å². The third-order valence-electron chi connectivity index (χ3n) is 3.43. The van der Waals surface area contributed by atoms with Gasteiger partial charge in [-0.3, -0.25) is 0 Å². The van der Waals surface area contributed by atoms with Gasteiger partial charge in [-0.25, -0.2) is 0 Å². The van der Waals surface area contributed by atoms with Crippen LogP contribution in [0.1, 0.15) is 37.3 Å². The molecule has 1 saturated heterocycles. The minimum atomic E-state index is -0.430. The van der Waals surface area contributed by atoms with Gasteiger partial charge in [-0.2, -0.15) is 0 Å². The molecule has 0 radical (unpaired) electrons. The number of rotatable bonds is 3. The van der Waals surface area contributed by atoms with E-state index in [-0.39, 0.29) is 6.10 Å². The first-order valence-corrected chi connectivity index (χ1v) is 6.61. The number of hydrogen-bond acceptors (Lipinski definition) is 3. The zero-order valence-electron chi connectivity index (χ0n) is 11.3. The molecule has 2 atom stereocenters. The van der Waals surface area contributed by atoms with Crippen LogP contribution in [0.4, 0.5) is 0 Å². The SMILES string of the molecule is Cc1ccc(C(C)C)cc1OC1COCCC1O. The first kappa shape index (κ1) is 13.4. The molecule has 3 heteroatoms. The molecule has 2 rings (SSSR count). The van der Waals surface area contributed by atoms with Gasteiger partial charge in [0.15, 0.2) is 0 Å². The molecule has 1 heterocycles. The average Bonchev–Trinajstić information content (AvgIpc) is 2.34. The van der Waals surface area contributed by atoms with Crippen LogP contribution < -0.4 is 4.74 Å². The molecule has 1 aromatic carbocycles. The first-order chi connectivity index (χ1) is 8.58. The smallest absolute Gasteiger partial charge is 0.148 e. The highest BCUT2D eigenvalue weighted by molar-refractivity contribution is 5.38. The fraction of sp³-hybridized carbons (Fsp3) is 0.600. The average molecular weight is 250 g/mol. The minimum absolute atomic E-state index is 0.250. The van der Waals surface area contributed by atoms with Crippen molar-refractivity contribution in [2.45, 2.75) is 45.3 Å². The van der Waals surface area contributed by atoms with Gasteiger partial charge in [0.25, 0.3) is 0 Å². The highest BCUT2D eigenvalue weighted by Gasteiger charge is 2.25. The van der Waals surface area contributed by atoms with Gasteiger partial charge in [0.2, 0.25) is 0 Å². The maximum Gasteiger partial charge on any atom is 0.148 e. The summed E-state index contributed by atoms with van der Waals surface area (Å²) in [5.41, 5.74) is 2.35. The second-order valence-corrected chi connectivity index (χ2v) is 5.27. The standard InChI is InChI=1S/C15H22O3/c1-10(2)12-5-4-11(3)14(8-12)18-15-9-17-7-6-13(15)16/h4-5,8,10,13,15-16H,6-7,9H2,1-3H3. The van der Waals surface area contributed by atoms with Crippen molar-refractivity contribution in [2.75, 3.05) is 13.2 Å². The minimum Gasteiger partial charge on any atom is -0.485 e. The summed E-state index contributed by atoms with van der Waals surface area (Å²) < 4.78 is 11.3. The molecule has 0 bridgehead atoms. The third-order valence-corrected chi connectivity index (χ3v) is 3.43.